The maximum absolute atomic E-state index is 12.0. The monoisotopic (exact) mass is 480 g/mol. The fourth-order valence-electron chi connectivity index (χ4n) is 4.67. The van der Waals surface area contributed by atoms with E-state index in [1.54, 1.807) is 20.0 Å². The summed E-state index contributed by atoms with van der Waals surface area (Å²) in [6.45, 7) is 4.21. The Morgan fingerprint density at radius 1 is 1.11 bits per heavy atom. The molecule has 6 rings (SSSR count). The van der Waals surface area contributed by atoms with Gasteiger partial charge >= 0.3 is 0 Å². The van der Waals surface area contributed by atoms with Crippen LogP contribution in [0.5, 0.6) is 0 Å². The first-order valence-corrected chi connectivity index (χ1v) is 12.3. The molecule has 2 aromatic heterocycles. The van der Waals surface area contributed by atoms with Crippen molar-refractivity contribution in [3.8, 4) is 17.1 Å². The predicted molar refractivity (Wildman–Crippen MR) is 138 cm³/mol. The third-order valence-electron chi connectivity index (χ3n) is 6.75. The summed E-state index contributed by atoms with van der Waals surface area (Å²) in [4.78, 5) is 25.8. The Labute approximate surface area is 209 Å². The summed E-state index contributed by atoms with van der Waals surface area (Å²) in [5, 5.41) is 17.2. The van der Waals surface area contributed by atoms with Crippen molar-refractivity contribution in [3.05, 3.63) is 83.6 Å². The van der Waals surface area contributed by atoms with Gasteiger partial charge in [0.2, 0.25) is 0 Å². The average molecular weight is 481 g/mol. The average Bonchev–Trinajstić information content (AvgIpc) is 3.60. The normalized spacial score (nSPS) is 15.4. The van der Waals surface area contributed by atoms with Gasteiger partial charge in [0, 0.05) is 47.2 Å². The predicted octanol–water partition coefficient (Wildman–Crippen LogP) is 4.46. The van der Waals surface area contributed by atoms with Gasteiger partial charge in [-0.1, -0.05) is 0 Å². The molecule has 182 valence electrons. The van der Waals surface area contributed by atoms with Gasteiger partial charge in [-0.3, -0.25) is 4.79 Å². The lowest BCUT2D eigenvalue weighted by molar-refractivity contribution is 0.0785. The number of aromatic nitrogens is 4. The van der Waals surface area contributed by atoms with Crippen LogP contribution in [0.3, 0.4) is 0 Å². The molecule has 2 aromatic carbocycles. The van der Waals surface area contributed by atoms with Crippen molar-refractivity contribution in [2.24, 2.45) is 0 Å². The number of anilines is 2. The minimum atomic E-state index is -1.07. The van der Waals surface area contributed by atoms with Gasteiger partial charge < -0.3 is 20.3 Å². The molecular weight excluding hydrogens is 452 g/mol. The van der Waals surface area contributed by atoms with Gasteiger partial charge in [-0.25, -0.2) is 15.0 Å². The van der Waals surface area contributed by atoms with Crippen molar-refractivity contribution in [1.82, 2.24) is 24.8 Å². The van der Waals surface area contributed by atoms with Gasteiger partial charge in [0.05, 0.1) is 23.3 Å². The highest BCUT2D eigenvalue weighted by Crippen LogP contribution is 2.39. The Morgan fingerprint density at radius 2 is 1.97 bits per heavy atom. The molecule has 3 N–H and O–H groups in total. The molecule has 36 heavy (non-hydrogen) atoms. The Balaban J connectivity index is 1.31. The second-order valence-electron chi connectivity index (χ2n) is 10.0. The number of rotatable bonds is 6. The van der Waals surface area contributed by atoms with Crippen molar-refractivity contribution >= 4 is 17.4 Å². The molecule has 8 nitrogen and oxygen atoms in total. The number of nitrogens with one attached hydrogen (secondary N) is 2. The highest BCUT2D eigenvalue weighted by molar-refractivity contribution is 5.97. The van der Waals surface area contributed by atoms with Crippen molar-refractivity contribution < 1.29 is 9.90 Å². The summed E-state index contributed by atoms with van der Waals surface area (Å²) in [6, 6.07) is 13.4. The second-order valence-corrected chi connectivity index (χ2v) is 10.0. The minimum Gasteiger partial charge on any atom is -0.386 e. The smallest absolute Gasteiger partial charge is 0.251 e. The molecule has 0 bridgehead atoms. The lowest BCUT2D eigenvalue weighted by Crippen LogP contribution is -2.31. The molecule has 4 aromatic rings. The first-order chi connectivity index (χ1) is 17.3. The Bertz CT molecular complexity index is 1470. The van der Waals surface area contributed by atoms with E-state index in [4.69, 9.17) is 4.98 Å². The van der Waals surface area contributed by atoms with Crippen molar-refractivity contribution in [2.45, 2.75) is 44.6 Å². The van der Waals surface area contributed by atoms with Crippen LogP contribution in [-0.2, 0) is 12.0 Å². The highest BCUT2D eigenvalue weighted by Gasteiger charge is 2.27. The van der Waals surface area contributed by atoms with Crippen LogP contribution >= 0.6 is 0 Å². The number of imidazole rings is 1. The number of benzene rings is 2. The number of hydrogen-bond donors (Lipinski definition) is 3. The highest BCUT2D eigenvalue weighted by atomic mass is 16.3. The molecule has 0 saturated heterocycles. The molecular formula is C28H28N6O2. The van der Waals surface area contributed by atoms with Crippen LogP contribution in [0, 0.1) is 0 Å². The molecule has 1 saturated carbocycles. The van der Waals surface area contributed by atoms with Gasteiger partial charge in [-0.05, 0) is 81.1 Å². The zero-order chi connectivity index (χ0) is 24.9. The lowest BCUT2D eigenvalue weighted by Gasteiger charge is -2.23. The summed E-state index contributed by atoms with van der Waals surface area (Å²) in [5.41, 5.74) is 5.11. The third-order valence-corrected chi connectivity index (χ3v) is 6.75. The van der Waals surface area contributed by atoms with E-state index in [0.29, 0.717) is 24.1 Å². The Kier molecular flexibility index (Phi) is 5.34. The second kappa shape index (κ2) is 8.57. The molecule has 0 spiro atoms. The first-order valence-electron chi connectivity index (χ1n) is 12.3. The van der Waals surface area contributed by atoms with Crippen LogP contribution in [-0.4, -0.2) is 37.1 Å². The van der Waals surface area contributed by atoms with Crippen molar-refractivity contribution in [1.29, 1.82) is 0 Å². The van der Waals surface area contributed by atoms with E-state index in [1.807, 2.05) is 53.4 Å². The van der Waals surface area contributed by atoms with Gasteiger partial charge in [-0.2, -0.15) is 0 Å². The molecule has 1 aliphatic heterocycles. The van der Waals surface area contributed by atoms with Crippen molar-refractivity contribution in [2.75, 3.05) is 11.9 Å². The topological polar surface area (TPSA) is 105 Å². The summed E-state index contributed by atoms with van der Waals surface area (Å²) < 4.78 is 1.99. The van der Waals surface area contributed by atoms with Gasteiger partial charge in [-0.15, -0.1) is 0 Å². The fourth-order valence-corrected chi connectivity index (χ4v) is 4.67. The van der Waals surface area contributed by atoms with E-state index >= 15 is 0 Å². The minimum absolute atomic E-state index is 0.0300. The molecule has 0 atom stereocenters. The van der Waals surface area contributed by atoms with E-state index in [0.717, 1.165) is 45.7 Å². The van der Waals surface area contributed by atoms with E-state index < -0.39 is 5.60 Å². The molecule has 8 heteroatoms. The maximum Gasteiger partial charge on any atom is 0.251 e. The number of fused-ring (bicyclic) bond motifs is 1. The maximum atomic E-state index is 12.0. The van der Waals surface area contributed by atoms with Crippen LogP contribution < -0.4 is 10.6 Å². The van der Waals surface area contributed by atoms with Crippen LogP contribution in [0.2, 0.25) is 0 Å². The number of carbonyl (C=O) groups excluding carboxylic acids is 1. The third kappa shape index (κ3) is 4.35. The van der Waals surface area contributed by atoms with Crippen LogP contribution in [0.4, 0.5) is 11.5 Å². The fraction of sp³-hybridized carbons (Fsp3) is 0.286. The summed E-state index contributed by atoms with van der Waals surface area (Å²) in [6.07, 6.45) is 8.78. The number of carbonyl (C=O) groups is 1. The number of aliphatic hydroxyl groups is 1. The zero-order valence-corrected chi connectivity index (χ0v) is 20.3. The van der Waals surface area contributed by atoms with Gasteiger partial charge in [0.25, 0.3) is 5.91 Å². The molecule has 3 heterocycles. The molecule has 0 radical (unpaired) electrons. The summed E-state index contributed by atoms with van der Waals surface area (Å²) >= 11 is 0. The van der Waals surface area contributed by atoms with E-state index in [1.165, 1.54) is 12.8 Å². The van der Waals surface area contributed by atoms with Gasteiger partial charge in [0.1, 0.15) is 5.82 Å². The van der Waals surface area contributed by atoms with Crippen LogP contribution in [0.25, 0.3) is 17.1 Å². The van der Waals surface area contributed by atoms with E-state index in [-0.39, 0.29) is 5.91 Å². The van der Waals surface area contributed by atoms with Crippen LogP contribution in [0.15, 0.2) is 61.2 Å². The molecule has 0 unspecified atom stereocenters. The summed E-state index contributed by atoms with van der Waals surface area (Å²) in [5.74, 6) is 1.74. The zero-order valence-electron chi connectivity index (χ0n) is 20.3. The van der Waals surface area contributed by atoms with E-state index in [2.05, 4.69) is 26.8 Å². The number of amides is 1. The number of hydrogen-bond acceptors (Lipinski definition) is 6. The molecule has 1 fully saturated rings. The first kappa shape index (κ1) is 22.4. The summed E-state index contributed by atoms with van der Waals surface area (Å²) in [7, 11) is 0. The molecule has 2 aliphatic rings. The standard InChI is InChI=1S/C28H28N6O2/c1-28(2,36)22-14-19(5-8-24(22)34-15-23(31-16-34)17-3-4-17)26-29-12-10-25(33-26)32-20-6-7-21-18(13-20)9-11-30-27(21)35/h5-8,10,12-17,36H,3-4,9,11H2,1-2H3,(H,30,35)(H,29,32,33). The van der Waals surface area contributed by atoms with E-state index in [9.17, 15) is 9.90 Å². The quantitative estimate of drug-likeness (QED) is 0.376. The SMILES string of the molecule is CC(C)(O)c1cc(-c2nccc(Nc3ccc4c(c3)CCNC4=O)n2)ccc1-n1cnc(C2CC2)c1. The number of nitrogens with zero attached hydrogens (tertiary/aromatic N) is 4. The molecule has 1 amide bonds. The van der Waals surface area contributed by atoms with Crippen LogP contribution in [0.1, 0.15) is 59.8 Å². The lowest BCUT2D eigenvalue weighted by atomic mass is 9.94. The Morgan fingerprint density at radius 3 is 2.78 bits per heavy atom. The molecule has 1 aliphatic carbocycles. The van der Waals surface area contributed by atoms with Crippen molar-refractivity contribution in [3.63, 3.8) is 0 Å². The Hall–Kier alpha value is -4.04. The van der Waals surface area contributed by atoms with Gasteiger partial charge in [0.15, 0.2) is 5.82 Å². The largest absolute Gasteiger partial charge is 0.386 e.